The summed E-state index contributed by atoms with van der Waals surface area (Å²) >= 11 is 5.35. The molecule has 1 saturated heterocycles. The SMILES string of the molecule is COc1ccc(/C=C2/SC(S)NC2=O)c(F)c1OC. The average molecular weight is 301 g/mol. The van der Waals surface area contributed by atoms with E-state index in [4.69, 9.17) is 9.47 Å². The van der Waals surface area contributed by atoms with Gasteiger partial charge in [0.1, 0.15) is 4.71 Å². The van der Waals surface area contributed by atoms with E-state index in [1.807, 2.05) is 0 Å². The van der Waals surface area contributed by atoms with Gasteiger partial charge in [0.05, 0.1) is 19.1 Å². The van der Waals surface area contributed by atoms with Crippen LogP contribution in [0.15, 0.2) is 17.0 Å². The van der Waals surface area contributed by atoms with Crippen LogP contribution in [0.3, 0.4) is 0 Å². The maximum absolute atomic E-state index is 14.2. The van der Waals surface area contributed by atoms with Crippen LogP contribution in [0, 0.1) is 5.82 Å². The molecule has 1 aromatic rings. The van der Waals surface area contributed by atoms with Crippen LogP contribution in [-0.4, -0.2) is 24.8 Å². The molecule has 7 heteroatoms. The standard InChI is InChI=1S/C12H12FNO3S2/c1-16-7-4-3-6(9(13)10(7)17-2)5-8-11(15)14-12(18)19-8/h3-5,12,18H,1-2H3,(H,14,15)/b8-5+. The number of carbonyl (C=O) groups excluding carboxylic acids is 1. The van der Waals surface area contributed by atoms with Crippen molar-refractivity contribution in [3.8, 4) is 11.5 Å². The molecule has 4 nitrogen and oxygen atoms in total. The normalized spacial score (nSPS) is 20.5. The predicted molar refractivity (Wildman–Crippen MR) is 76.0 cm³/mol. The van der Waals surface area contributed by atoms with Gasteiger partial charge in [0.2, 0.25) is 0 Å². The number of thiol groups is 1. The highest BCUT2D eigenvalue weighted by molar-refractivity contribution is 8.14. The van der Waals surface area contributed by atoms with Crippen molar-refractivity contribution in [1.29, 1.82) is 0 Å². The van der Waals surface area contributed by atoms with E-state index in [0.717, 1.165) is 0 Å². The zero-order valence-corrected chi connectivity index (χ0v) is 12.0. The van der Waals surface area contributed by atoms with E-state index in [1.165, 1.54) is 38.1 Å². The summed E-state index contributed by atoms with van der Waals surface area (Å²) in [6.07, 6.45) is 1.47. The number of hydrogen-bond acceptors (Lipinski definition) is 5. The molecular formula is C12H12FNO3S2. The molecule has 1 fully saturated rings. The molecule has 0 radical (unpaired) electrons. The van der Waals surface area contributed by atoms with Crippen molar-refractivity contribution in [3.63, 3.8) is 0 Å². The molecule has 0 spiro atoms. The van der Waals surface area contributed by atoms with Crippen LogP contribution >= 0.6 is 24.4 Å². The Morgan fingerprint density at radius 2 is 2.16 bits per heavy atom. The summed E-state index contributed by atoms with van der Waals surface area (Å²) in [4.78, 5) is 12.0. The molecule has 0 aliphatic carbocycles. The molecule has 1 aromatic carbocycles. The van der Waals surface area contributed by atoms with Gasteiger partial charge in [-0.2, -0.15) is 0 Å². The van der Waals surface area contributed by atoms with E-state index in [9.17, 15) is 9.18 Å². The van der Waals surface area contributed by atoms with Crippen molar-refractivity contribution in [2.45, 2.75) is 4.71 Å². The van der Waals surface area contributed by atoms with Gasteiger partial charge in [-0.15, -0.1) is 12.6 Å². The number of carbonyl (C=O) groups is 1. The Morgan fingerprint density at radius 1 is 1.42 bits per heavy atom. The first-order chi connectivity index (χ1) is 9.06. The summed E-state index contributed by atoms with van der Waals surface area (Å²) in [6, 6.07) is 3.12. The molecule has 1 unspecified atom stereocenters. The maximum Gasteiger partial charge on any atom is 0.259 e. The van der Waals surface area contributed by atoms with Crippen LogP contribution in [-0.2, 0) is 4.79 Å². The smallest absolute Gasteiger partial charge is 0.259 e. The van der Waals surface area contributed by atoms with Crippen LogP contribution in [0.4, 0.5) is 4.39 Å². The molecule has 1 aliphatic heterocycles. The van der Waals surface area contributed by atoms with Gasteiger partial charge in [-0.3, -0.25) is 4.79 Å². The van der Waals surface area contributed by atoms with E-state index in [0.29, 0.717) is 10.7 Å². The second-order valence-corrected chi connectivity index (χ2v) is 5.67. The Bertz CT molecular complexity index is 548. The first-order valence-corrected chi connectivity index (χ1v) is 6.74. The molecule has 0 saturated carbocycles. The van der Waals surface area contributed by atoms with Crippen LogP contribution in [0.5, 0.6) is 11.5 Å². The Balaban J connectivity index is 2.41. The monoisotopic (exact) mass is 301 g/mol. The second kappa shape index (κ2) is 5.75. The Hall–Kier alpha value is -1.34. The van der Waals surface area contributed by atoms with Gasteiger partial charge in [0.25, 0.3) is 5.91 Å². The van der Waals surface area contributed by atoms with Crippen molar-refractivity contribution in [3.05, 3.63) is 28.4 Å². The van der Waals surface area contributed by atoms with Gasteiger partial charge < -0.3 is 14.8 Å². The molecule has 0 aromatic heterocycles. The van der Waals surface area contributed by atoms with Crippen LogP contribution in [0.2, 0.25) is 0 Å². The summed E-state index contributed by atoms with van der Waals surface area (Å²) in [5.74, 6) is -0.509. The lowest BCUT2D eigenvalue weighted by Gasteiger charge is -2.10. The highest BCUT2D eigenvalue weighted by atomic mass is 32.2. The number of nitrogens with one attached hydrogen (secondary N) is 1. The topological polar surface area (TPSA) is 47.6 Å². The Labute approximate surface area is 119 Å². The number of rotatable bonds is 3. The fourth-order valence-corrected chi connectivity index (χ4v) is 2.87. The summed E-state index contributed by atoms with van der Waals surface area (Å²) in [6.45, 7) is 0. The van der Waals surface area contributed by atoms with E-state index in [1.54, 1.807) is 6.07 Å². The van der Waals surface area contributed by atoms with Gasteiger partial charge in [0.15, 0.2) is 17.3 Å². The lowest BCUT2D eigenvalue weighted by Crippen LogP contribution is -2.19. The van der Waals surface area contributed by atoms with Gasteiger partial charge in [-0.05, 0) is 18.2 Å². The number of thioether (sulfide) groups is 1. The van der Waals surface area contributed by atoms with Crippen molar-refractivity contribution < 1.29 is 18.7 Å². The molecule has 102 valence electrons. The lowest BCUT2D eigenvalue weighted by molar-refractivity contribution is -0.116. The third-order valence-corrected chi connectivity index (χ3v) is 3.86. The highest BCUT2D eigenvalue weighted by Gasteiger charge is 2.25. The minimum absolute atomic E-state index is 0.0164. The molecule has 1 atom stereocenters. The number of ether oxygens (including phenoxy) is 2. The number of hydrogen-bond donors (Lipinski definition) is 2. The summed E-state index contributed by atoms with van der Waals surface area (Å²) in [7, 11) is 2.79. The molecule has 2 rings (SSSR count). The van der Waals surface area contributed by atoms with Gasteiger partial charge >= 0.3 is 0 Å². The molecule has 0 bridgehead atoms. The van der Waals surface area contributed by atoms with Gasteiger partial charge in [-0.1, -0.05) is 11.8 Å². The first kappa shape index (κ1) is 14.1. The van der Waals surface area contributed by atoms with E-state index < -0.39 is 5.82 Å². The molecule has 1 heterocycles. The third kappa shape index (κ3) is 2.82. The zero-order valence-electron chi connectivity index (χ0n) is 10.3. The quantitative estimate of drug-likeness (QED) is 0.664. The van der Waals surface area contributed by atoms with Gasteiger partial charge in [-0.25, -0.2) is 4.39 Å². The Kier molecular flexibility index (Phi) is 4.26. The predicted octanol–water partition coefficient (Wildman–Crippen LogP) is 2.26. The second-order valence-electron chi connectivity index (χ2n) is 3.66. The van der Waals surface area contributed by atoms with Crippen molar-refractivity contribution >= 4 is 36.4 Å². The minimum Gasteiger partial charge on any atom is -0.493 e. The average Bonchev–Trinajstić information content (AvgIpc) is 2.70. The number of benzene rings is 1. The van der Waals surface area contributed by atoms with Crippen LogP contribution in [0.1, 0.15) is 5.56 Å². The number of methoxy groups -OCH3 is 2. The van der Waals surface area contributed by atoms with Crippen molar-refractivity contribution in [1.82, 2.24) is 5.32 Å². The summed E-state index contributed by atoms with van der Waals surface area (Å²) in [5, 5.41) is 2.60. The number of halogens is 1. The number of amides is 1. The summed E-state index contributed by atoms with van der Waals surface area (Å²) in [5.41, 5.74) is 0.262. The maximum atomic E-state index is 14.2. The van der Waals surface area contributed by atoms with E-state index >= 15 is 0 Å². The largest absolute Gasteiger partial charge is 0.493 e. The summed E-state index contributed by atoms with van der Waals surface area (Å²) < 4.78 is 23.9. The van der Waals surface area contributed by atoms with Gasteiger partial charge in [0, 0.05) is 5.56 Å². The van der Waals surface area contributed by atoms with Crippen molar-refractivity contribution in [2.75, 3.05) is 14.2 Å². The van der Waals surface area contributed by atoms with Crippen molar-refractivity contribution in [2.24, 2.45) is 0 Å². The zero-order chi connectivity index (χ0) is 14.0. The fourth-order valence-electron chi connectivity index (χ4n) is 1.64. The molecular weight excluding hydrogens is 289 g/mol. The minimum atomic E-state index is -0.564. The lowest BCUT2D eigenvalue weighted by atomic mass is 10.1. The van der Waals surface area contributed by atoms with Crippen LogP contribution in [0.25, 0.3) is 6.08 Å². The molecule has 1 aliphatic rings. The molecule has 1 N–H and O–H groups in total. The fraction of sp³-hybridized carbons (Fsp3) is 0.250. The third-order valence-electron chi connectivity index (χ3n) is 2.52. The highest BCUT2D eigenvalue weighted by Crippen LogP contribution is 2.35. The first-order valence-electron chi connectivity index (χ1n) is 5.34. The van der Waals surface area contributed by atoms with Crippen LogP contribution < -0.4 is 14.8 Å². The Morgan fingerprint density at radius 3 is 2.68 bits per heavy atom. The van der Waals surface area contributed by atoms with E-state index in [-0.39, 0.29) is 21.9 Å². The van der Waals surface area contributed by atoms with E-state index in [2.05, 4.69) is 17.9 Å². The molecule has 19 heavy (non-hydrogen) atoms. The molecule has 1 amide bonds.